The van der Waals surface area contributed by atoms with Gasteiger partial charge in [0.2, 0.25) is 5.95 Å². The van der Waals surface area contributed by atoms with Gasteiger partial charge in [0, 0.05) is 39.9 Å². The number of hydrogen-bond donors (Lipinski definition) is 3. The Labute approximate surface area is 257 Å². The number of rotatable bonds is 8. The average Bonchev–Trinajstić information content (AvgIpc) is 3.02. The normalized spacial score (nSPS) is 14.5. The Morgan fingerprint density at radius 3 is 2.30 bits per heavy atom. The van der Waals surface area contributed by atoms with Crippen molar-refractivity contribution in [3.63, 3.8) is 0 Å². The summed E-state index contributed by atoms with van der Waals surface area (Å²) in [5.74, 6) is -0.378. The van der Waals surface area contributed by atoms with E-state index in [1.165, 1.54) is 12.1 Å². The predicted octanol–water partition coefficient (Wildman–Crippen LogP) is 6.84. The Morgan fingerprint density at radius 1 is 0.932 bits per heavy atom. The first-order chi connectivity index (χ1) is 21.0. The number of nitrogens with zero attached hydrogens (tertiary/aromatic N) is 2. The fourth-order valence-corrected chi connectivity index (χ4v) is 6.56. The van der Waals surface area contributed by atoms with Crippen molar-refractivity contribution in [1.29, 1.82) is 0 Å². The minimum absolute atomic E-state index is 0.129. The van der Waals surface area contributed by atoms with E-state index in [0.29, 0.717) is 59.4 Å². The van der Waals surface area contributed by atoms with E-state index >= 15 is 0 Å². The van der Waals surface area contributed by atoms with E-state index in [1.807, 2.05) is 0 Å². The summed E-state index contributed by atoms with van der Waals surface area (Å²) in [6.45, 7) is 1.38. The highest BCUT2D eigenvalue weighted by atomic mass is 35.5. The number of alkyl halides is 3. The highest BCUT2D eigenvalue weighted by Crippen LogP contribution is 2.30. The van der Waals surface area contributed by atoms with Crippen LogP contribution in [-0.4, -0.2) is 42.6 Å². The molecule has 0 aliphatic carbocycles. The molecule has 0 spiro atoms. The molecule has 2 heterocycles. The molecule has 0 saturated carbocycles. The summed E-state index contributed by atoms with van der Waals surface area (Å²) in [5.41, 5.74) is 1.14. The number of carbonyl (C=O) groups is 1. The number of halogens is 4. The lowest BCUT2D eigenvalue weighted by Crippen LogP contribution is -2.35. The zero-order chi connectivity index (χ0) is 31.3. The Balaban J connectivity index is 1.21. The van der Waals surface area contributed by atoms with Crippen LogP contribution in [0, 0.1) is 0 Å². The molecule has 13 heteroatoms. The zero-order valence-electron chi connectivity index (χ0n) is 23.1. The molecule has 0 radical (unpaired) electrons. The molecule has 4 aromatic rings. The van der Waals surface area contributed by atoms with Crippen LogP contribution in [0.15, 0.2) is 84.0 Å². The minimum Gasteiger partial charge on any atom is -0.324 e. The molecule has 8 nitrogen and oxygen atoms in total. The molecular formula is C31H27ClF3N5O3S. The first-order valence-electron chi connectivity index (χ1n) is 13.6. The summed E-state index contributed by atoms with van der Waals surface area (Å²) in [6, 6.07) is 15.4. The van der Waals surface area contributed by atoms with Crippen molar-refractivity contribution < 1.29 is 26.4 Å². The molecular weight excluding hydrogens is 615 g/mol. The molecule has 0 bridgehead atoms. The topological polar surface area (TPSA) is 113 Å². The molecule has 1 fully saturated rings. The van der Waals surface area contributed by atoms with E-state index in [9.17, 15) is 26.4 Å². The van der Waals surface area contributed by atoms with Gasteiger partial charge < -0.3 is 16.0 Å². The third-order valence-corrected chi connectivity index (χ3v) is 9.62. The number of anilines is 3. The number of carbonyl (C=O) groups excluding carboxylic acids is 1. The highest BCUT2D eigenvalue weighted by Gasteiger charge is 2.31. The van der Waals surface area contributed by atoms with Crippen molar-refractivity contribution in [2.45, 2.75) is 29.2 Å². The maximum atomic E-state index is 13.0. The van der Waals surface area contributed by atoms with Crippen LogP contribution in [0.4, 0.5) is 30.5 Å². The molecule has 1 amide bonds. The second kappa shape index (κ2) is 13.2. The lowest BCUT2D eigenvalue weighted by atomic mass is 10.1. The van der Waals surface area contributed by atoms with Crippen molar-refractivity contribution >= 4 is 56.8 Å². The van der Waals surface area contributed by atoms with Gasteiger partial charge in [0.25, 0.3) is 5.91 Å². The van der Waals surface area contributed by atoms with Gasteiger partial charge in [-0.3, -0.25) is 4.79 Å². The predicted molar refractivity (Wildman–Crippen MR) is 165 cm³/mol. The molecule has 228 valence electrons. The fraction of sp³-hybridized carbons (Fsp3) is 0.194. The number of hydrogen-bond acceptors (Lipinski definition) is 7. The SMILES string of the molecule is O=C(Nc1ccc(Cl)c(C=Cc2cnc(Nc3ccc(S(=O)(=O)C4CCNCC4)cc3)nc2)c1)c1cccc(C(F)(F)F)c1. The van der Waals surface area contributed by atoms with Gasteiger partial charge in [-0.25, -0.2) is 18.4 Å². The van der Waals surface area contributed by atoms with Crippen LogP contribution in [-0.2, 0) is 16.0 Å². The Hall–Kier alpha value is -4.26. The van der Waals surface area contributed by atoms with Crippen molar-refractivity contribution in [1.82, 2.24) is 15.3 Å². The summed E-state index contributed by atoms with van der Waals surface area (Å²) in [4.78, 5) is 21.5. The van der Waals surface area contributed by atoms with Crippen molar-refractivity contribution in [3.8, 4) is 0 Å². The van der Waals surface area contributed by atoms with Crippen molar-refractivity contribution in [3.05, 3.63) is 106 Å². The van der Waals surface area contributed by atoms with Gasteiger partial charge in [0.15, 0.2) is 9.84 Å². The van der Waals surface area contributed by atoms with E-state index in [-0.39, 0.29) is 15.7 Å². The monoisotopic (exact) mass is 641 g/mol. The van der Waals surface area contributed by atoms with Crippen LogP contribution >= 0.6 is 11.6 Å². The number of benzene rings is 3. The number of aromatic nitrogens is 2. The van der Waals surface area contributed by atoms with Crippen molar-refractivity contribution in [2.24, 2.45) is 0 Å². The van der Waals surface area contributed by atoms with Crippen molar-refractivity contribution in [2.75, 3.05) is 23.7 Å². The van der Waals surface area contributed by atoms with Gasteiger partial charge in [-0.1, -0.05) is 29.8 Å². The summed E-state index contributed by atoms with van der Waals surface area (Å²) in [7, 11) is -3.39. The average molecular weight is 642 g/mol. The Kier molecular flexibility index (Phi) is 9.33. The maximum absolute atomic E-state index is 13.0. The summed E-state index contributed by atoms with van der Waals surface area (Å²) >= 11 is 6.32. The number of nitrogens with one attached hydrogen (secondary N) is 3. The van der Waals surface area contributed by atoms with Gasteiger partial charge in [0.1, 0.15) is 0 Å². The molecule has 1 aliphatic heterocycles. The summed E-state index contributed by atoms with van der Waals surface area (Å²) in [5, 5.41) is 8.83. The maximum Gasteiger partial charge on any atom is 0.416 e. The Morgan fingerprint density at radius 2 is 1.61 bits per heavy atom. The molecule has 0 atom stereocenters. The first-order valence-corrected chi connectivity index (χ1v) is 15.5. The van der Waals surface area contributed by atoms with E-state index in [4.69, 9.17) is 11.6 Å². The van der Waals surface area contributed by atoms with E-state index in [2.05, 4.69) is 25.9 Å². The lowest BCUT2D eigenvalue weighted by Gasteiger charge is -2.22. The van der Waals surface area contributed by atoms with E-state index < -0.39 is 27.5 Å². The molecule has 3 aromatic carbocycles. The van der Waals surface area contributed by atoms with E-state index in [0.717, 1.165) is 12.1 Å². The van der Waals surface area contributed by atoms with Crippen LogP contribution in [0.2, 0.25) is 5.02 Å². The first kappa shape index (κ1) is 31.2. The van der Waals surface area contributed by atoms with Gasteiger partial charge >= 0.3 is 6.18 Å². The smallest absolute Gasteiger partial charge is 0.324 e. The number of piperidine rings is 1. The molecule has 1 aliphatic rings. The molecule has 3 N–H and O–H groups in total. The third kappa shape index (κ3) is 7.62. The van der Waals surface area contributed by atoms with Crippen LogP contribution in [0.25, 0.3) is 12.2 Å². The quantitative estimate of drug-likeness (QED) is 0.193. The molecule has 5 rings (SSSR count). The summed E-state index contributed by atoms with van der Waals surface area (Å²) < 4.78 is 64.9. The molecule has 1 saturated heterocycles. The van der Waals surface area contributed by atoms with Crippen LogP contribution < -0.4 is 16.0 Å². The highest BCUT2D eigenvalue weighted by molar-refractivity contribution is 7.92. The molecule has 44 heavy (non-hydrogen) atoms. The molecule has 0 unspecified atom stereocenters. The van der Waals surface area contributed by atoms with Gasteiger partial charge in [0.05, 0.1) is 15.7 Å². The number of amides is 1. The van der Waals surface area contributed by atoms with Crippen LogP contribution in [0.1, 0.15) is 39.9 Å². The van der Waals surface area contributed by atoms with Gasteiger partial charge in [-0.05, 0) is 92.2 Å². The molecule has 1 aromatic heterocycles. The van der Waals surface area contributed by atoms with Crippen LogP contribution in [0.5, 0.6) is 0 Å². The lowest BCUT2D eigenvalue weighted by molar-refractivity contribution is -0.137. The second-order valence-corrected chi connectivity index (χ2v) is 12.7. The summed E-state index contributed by atoms with van der Waals surface area (Å²) in [6.07, 6.45) is 3.18. The number of sulfone groups is 1. The van der Waals surface area contributed by atoms with E-state index in [1.54, 1.807) is 67.0 Å². The van der Waals surface area contributed by atoms with Crippen LogP contribution in [0.3, 0.4) is 0 Å². The zero-order valence-corrected chi connectivity index (χ0v) is 24.7. The minimum atomic E-state index is -4.56. The largest absolute Gasteiger partial charge is 0.416 e. The third-order valence-electron chi connectivity index (χ3n) is 7.00. The fourth-order valence-electron chi connectivity index (χ4n) is 4.62. The second-order valence-electron chi connectivity index (χ2n) is 10.1. The standard InChI is InChI=1S/C31H27ClF3N5O3S/c32-28-11-8-25(39-29(41)22-2-1-3-23(16-22)31(33,34)35)17-21(28)5-4-20-18-37-30(38-19-20)40-24-6-9-26(10-7-24)44(42,43)27-12-14-36-15-13-27/h1-11,16-19,27,36H,12-15H2,(H,39,41)(H,37,38,40). The van der Waals surface area contributed by atoms with Gasteiger partial charge in [-0.15, -0.1) is 0 Å². The van der Waals surface area contributed by atoms with Gasteiger partial charge in [-0.2, -0.15) is 13.2 Å². The Bertz CT molecular complexity index is 1770.